The number of rotatable bonds is 5. The van der Waals surface area contributed by atoms with Crippen LogP contribution in [0.4, 0.5) is 0 Å². The monoisotopic (exact) mass is 310 g/mol. The second-order valence-corrected chi connectivity index (χ2v) is 7.21. The van der Waals surface area contributed by atoms with Gasteiger partial charge in [-0.25, -0.2) is 0 Å². The Hall–Kier alpha value is -0.160. The maximum atomic E-state index is 4.45. The molecule has 0 spiro atoms. The molecular weight excluding hydrogens is 296 g/mol. The molecule has 0 aromatic heterocycles. The van der Waals surface area contributed by atoms with Gasteiger partial charge in [0.25, 0.3) is 0 Å². The highest BCUT2D eigenvalue weighted by atomic mass is 33.1. The molecule has 4 heteroatoms. The Kier molecular flexibility index (Phi) is 5.89. The van der Waals surface area contributed by atoms with Crippen molar-refractivity contribution in [3.63, 3.8) is 0 Å². The van der Waals surface area contributed by atoms with Gasteiger partial charge in [0.05, 0.1) is 0 Å². The van der Waals surface area contributed by atoms with E-state index in [9.17, 15) is 0 Å². The average molecular weight is 311 g/mol. The fraction of sp³-hybridized carbons (Fsp3) is 0.143. The minimum absolute atomic E-state index is 0.985. The molecule has 0 saturated heterocycles. The summed E-state index contributed by atoms with van der Waals surface area (Å²) in [6.45, 7) is 0. The van der Waals surface area contributed by atoms with Crippen LogP contribution in [0.1, 0.15) is 11.1 Å². The van der Waals surface area contributed by atoms with E-state index in [-0.39, 0.29) is 0 Å². The van der Waals surface area contributed by atoms with Gasteiger partial charge < -0.3 is 0 Å². The van der Waals surface area contributed by atoms with Gasteiger partial charge in [0.2, 0.25) is 0 Å². The lowest BCUT2D eigenvalue weighted by atomic mass is 10.2. The highest BCUT2D eigenvalue weighted by Gasteiger charge is 2.01. The van der Waals surface area contributed by atoms with Crippen LogP contribution < -0.4 is 0 Å². The summed E-state index contributed by atoms with van der Waals surface area (Å²) in [6.07, 6.45) is 0. The third-order valence-corrected chi connectivity index (χ3v) is 5.60. The molecule has 0 aliphatic rings. The van der Waals surface area contributed by atoms with Crippen molar-refractivity contribution in [2.75, 3.05) is 0 Å². The number of benzene rings is 2. The zero-order valence-corrected chi connectivity index (χ0v) is 13.2. The quantitative estimate of drug-likeness (QED) is 0.434. The van der Waals surface area contributed by atoms with Crippen molar-refractivity contribution >= 4 is 46.8 Å². The molecule has 0 bridgehead atoms. The van der Waals surface area contributed by atoms with Crippen LogP contribution in [0.5, 0.6) is 0 Å². The second kappa shape index (κ2) is 7.43. The third-order valence-electron chi connectivity index (χ3n) is 2.50. The molecule has 2 aromatic rings. The van der Waals surface area contributed by atoms with Crippen molar-refractivity contribution in [3.05, 3.63) is 59.7 Å². The molecule has 0 amide bonds. The summed E-state index contributed by atoms with van der Waals surface area (Å²) in [5.41, 5.74) is 2.58. The van der Waals surface area contributed by atoms with Gasteiger partial charge in [-0.3, -0.25) is 0 Å². The van der Waals surface area contributed by atoms with Crippen LogP contribution in [-0.2, 0) is 11.5 Å². The lowest BCUT2D eigenvalue weighted by molar-refractivity contribution is 1.28. The molecule has 2 rings (SSSR count). The normalized spacial score (nSPS) is 10.6. The van der Waals surface area contributed by atoms with Crippen LogP contribution in [-0.4, -0.2) is 0 Å². The molecule has 18 heavy (non-hydrogen) atoms. The fourth-order valence-electron chi connectivity index (χ4n) is 1.48. The minimum Gasteiger partial charge on any atom is -0.143 e. The van der Waals surface area contributed by atoms with Gasteiger partial charge in [0.15, 0.2) is 0 Å². The van der Waals surface area contributed by atoms with Gasteiger partial charge in [0.1, 0.15) is 0 Å². The summed E-state index contributed by atoms with van der Waals surface area (Å²) in [6, 6.07) is 16.5. The van der Waals surface area contributed by atoms with E-state index in [1.165, 1.54) is 11.1 Å². The summed E-state index contributed by atoms with van der Waals surface area (Å²) in [7, 11) is 3.72. The van der Waals surface area contributed by atoms with Gasteiger partial charge >= 0.3 is 0 Å². The highest BCUT2D eigenvalue weighted by molar-refractivity contribution is 8.76. The van der Waals surface area contributed by atoms with E-state index in [0.717, 1.165) is 21.3 Å². The highest BCUT2D eigenvalue weighted by Crippen LogP contribution is 2.32. The zero-order valence-electron chi connectivity index (χ0n) is 9.74. The fourth-order valence-corrected chi connectivity index (χ4v) is 4.36. The molecule has 0 aliphatic heterocycles. The predicted molar refractivity (Wildman–Crippen MR) is 90.0 cm³/mol. The lowest BCUT2D eigenvalue weighted by Crippen LogP contribution is -1.83. The largest absolute Gasteiger partial charge is 0.143 e. The van der Waals surface area contributed by atoms with Crippen LogP contribution in [0.3, 0.4) is 0 Å². The molecule has 0 fully saturated rings. The van der Waals surface area contributed by atoms with E-state index in [0.29, 0.717) is 0 Å². The van der Waals surface area contributed by atoms with Crippen molar-refractivity contribution < 1.29 is 0 Å². The van der Waals surface area contributed by atoms with Crippen molar-refractivity contribution in [2.24, 2.45) is 0 Å². The average Bonchev–Trinajstić information content (AvgIpc) is 2.38. The first-order chi connectivity index (χ1) is 8.77. The van der Waals surface area contributed by atoms with E-state index < -0.39 is 0 Å². The molecule has 94 valence electrons. The molecule has 0 radical (unpaired) electrons. The van der Waals surface area contributed by atoms with Gasteiger partial charge in [0, 0.05) is 21.3 Å². The summed E-state index contributed by atoms with van der Waals surface area (Å²) < 4.78 is 0. The maximum Gasteiger partial charge on any atom is 0.0299 e. The van der Waals surface area contributed by atoms with Crippen molar-refractivity contribution in [3.8, 4) is 0 Å². The van der Waals surface area contributed by atoms with Crippen molar-refractivity contribution in [1.82, 2.24) is 0 Å². The predicted octanol–water partition coefficient (Wildman–Crippen LogP) is 5.35. The van der Waals surface area contributed by atoms with E-state index in [4.69, 9.17) is 0 Å². The Morgan fingerprint density at radius 3 is 1.44 bits per heavy atom. The van der Waals surface area contributed by atoms with Crippen LogP contribution in [0, 0.1) is 0 Å². The minimum atomic E-state index is 0.985. The van der Waals surface area contributed by atoms with Crippen LogP contribution in [0.2, 0.25) is 0 Å². The first kappa shape index (κ1) is 14.3. The van der Waals surface area contributed by atoms with Gasteiger partial charge in [-0.15, -0.1) is 25.3 Å². The van der Waals surface area contributed by atoms with E-state index in [2.05, 4.69) is 49.5 Å². The van der Waals surface area contributed by atoms with Gasteiger partial charge in [-0.2, -0.15) is 0 Å². The van der Waals surface area contributed by atoms with Crippen LogP contribution in [0.25, 0.3) is 0 Å². The first-order valence-corrected chi connectivity index (χ1v) is 8.94. The second-order valence-electron chi connectivity index (χ2n) is 3.78. The van der Waals surface area contributed by atoms with E-state index >= 15 is 0 Å². The maximum absolute atomic E-state index is 4.45. The first-order valence-electron chi connectivity index (χ1n) is 5.55. The smallest absolute Gasteiger partial charge is 0.0299 e. The van der Waals surface area contributed by atoms with Crippen LogP contribution >= 0.6 is 46.8 Å². The molecule has 0 atom stereocenters. The molecule has 0 heterocycles. The van der Waals surface area contributed by atoms with Gasteiger partial charge in [-0.05, 0) is 23.3 Å². The molecule has 0 aliphatic carbocycles. The number of hydrogen-bond donors (Lipinski definition) is 2. The van der Waals surface area contributed by atoms with Crippen molar-refractivity contribution in [2.45, 2.75) is 21.3 Å². The standard InChI is InChI=1S/C14H14S4/c15-13-7-3-1-5-11(13)9-17-18-10-12-6-2-4-8-14(12)16/h1-8,15-16H,9-10H2. The Morgan fingerprint density at radius 1 is 0.667 bits per heavy atom. The third kappa shape index (κ3) is 4.19. The lowest BCUT2D eigenvalue weighted by Gasteiger charge is -2.05. The Morgan fingerprint density at radius 2 is 1.06 bits per heavy atom. The van der Waals surface area contributed by atoms with Gasteiger partial charge in [-0.1, -0.05) is 58.0 Å². The summed E-state index contributed by atoms with van der Waals surface area (Å²) >= 11 is 8.90. The number of thiol groups is 2. The summed E-state index contributed by atoms with van der Waals surface area (Å²) in [4.78, 5) is 2.14. The molecule has 0 unspecified atom stereocenters. The molecule has 2 aromatic carbocycles. The Balaban J connectivity index is 1.80. The van der Waals surface area contributed by atoms with E-state index in [1.807, 2.05) is 45.9 Å². The molecule has 0 nitrogen and oxygen atoms in total. The SMILES string of the molecule is Sc1ccccc1CSSCc1ccccc1S. The van der Waals surface area contributed by atoms with Crippen molar-refractivity contribution in [1.29, 1.82) is 0 Å². The molecular formula is C14H14S4. The topological polar surface area (TPSA) is 0 Å². The number of hydrogen-bond acceptors (Lipinski definition) is 4. The summed E-state index contributed by atoms with van der Waals surface area (Å²) in [5.74, 6) is 1.97. The van der Waals surface area contributed by atoms with Crippen LogP contribution in [0.15, 0.2) is 58.3 Å². The Bertz CT molecular complexity index is 463. The zero-order chi connectivity index (χ0) is 12.8. The van der Waals surface area contributed by atoms with E-state index in [1.54, 1.807) is 0 Å². The molecule has 0 saturated carbocycles. The summed E-state index contributed by atoms with van der Waals surface area (Å²) in [5, 5.41) is 0. The molecule has 0 N–H and O–H groups in total. The Labute approximate surface area is 127 Å².